The zero-order valence-corrected chi connectivity index (χ0v) is 15.2. The molecule has 1 aromatic carbocycles. The fraction of sp³-hybridized carbons (Fsp3) is 0.611. The van der Waals surface area contributed by atoms with Gasteiger partial charge >= 0.3 is 12.1 Å². The number of hydrogen-bond acceptors (Lipinski definition) is 5. The van der Waals surface area contributed by atoms with Gasteiger partial charge in [0.2, 0.25) is 0 Å². The minimum atomic E-state index is -4.26. The number of nitrogens with zero attached hydrogens (tertiary/aromatic N) is 2. The molecule has 0 spiro atoms. The number of halogens is 4. The van der Waals surface area contributed by atoms with Crippen molar-refractivity contribution in [2.45, 2.75) is 19.5 Å². The second kappa shape index (κ2) is 9.89. The number of anilines is 1. The molecule has 1 aromatic rings. The van der Waals surface area contributed by atoms with Crippen LogP contribution in [0.5, 0.6) is 0 Å². The van der Waals surface area contributed by atoms with Gasteiger partial charge in [-0.15, -0.1) is 0 Å². The smallest absolute Gasteiger partial charge is 0.401 e. The summed E-state index contributed by atoms with van der Waals surface area (Å²) in [6.07, 6.45) is -3.99. The van der Waals surface area contributed by atoms with Gasteiger partial charge in [0.05, 0.1) is 37.6 Å². The number of rotatable bonds is 8. The molecular formula is C18H24F4N2O3. The minimum absolute atomic E-state index is 0.0278. The maximum atomic E-state index is 14.3. The number of carbonyl (C=O) groups excluding carboxylic acids is 1. The monoisotopic (exact) mass is 392 g/mol. The third-order valence-electron chi connectivity index (χ3n) is 4.24. The van der Waals surface area contributed by atoms with E-state index in [0.717, 1.165) is 6.07 Å². The fourth-order valence-electron chi connectivity index (χ4n) is 2.83. The Morgan fingerprint density at radius 1 is 1.30 bits per heavy atom. The SMILES string of the molecule is CCN(CCCOC(=O)c1ccc(N2CCOCC2)c(F)c1)CC(F)(F)F. The lowest BCUT2D eigenvalue weighted by Crippen LogP contribution is -2.36. The van der Waals surface area contributed by atoms with Crippen LogP contribution in [-0.2, 0) is 9.47 Å². The van der Waals surface area contributed by atoms with E-state index in [9.17, 15) is 22.4 Å². The summed E-state index contributed by atoms with van der Waals surface area (Å²) in [5.41, 5.74) is 0.479. The lowest BCUT2D eigenvalue weighted by Gasteiger charge is -2.29. The number of morpholine rings is 1. The third-order valence-corrected chi connectivity index (χ3v) is 4.24. The molecule has 0 saturated carbocycles. The highest BCUT2D eigenvalue weighted by atomic mass is 19.4. The van der Waals surface area contributed by atoms with Crippen molar-refractivity contribution < 1.29 is 31.8 Å². The molecule has 152 valence electrons. The van der Waals surface area contributed by atoms with E-state index in [4.69, 9.17) is 9.47 Å². The number of hydrogen-bond donors (Lipinski definition) is 0. The molecular weight excluding hydrogens is 368 g/mol. The van der Waals surface area contributed by atoms with Crippen LogP contribution in [-0.4, -0.2) is 69.6 Å². The topological polar surface area (TPSA) is 42.0 Å². The molecule has 5 nitrogen and oxygen atoms in total. The first-order valence-corrected chi connectivity index (χ1v) is 8.88. The first-order chi connectivity index (χ1) is 12.8. The number of alkyl halides is 3. The van der Waals surface area contributed by atoms with E-state index in [1.54, 1.807) is 6.92 Å². The Kier molecular flexibility index (Phi) is 7.85. The van der Waals surface area contributed by atoms with Crippen molar-refractivity contribution >= 4 is 11.7 Å². The predicted octanol–water partition coefficient (Wildman–Crippen LogP) is 3.09. The van der Waals surface area contributed by atoms with Gasteiger partial charge in [0.1, 0.15) is 5.82 Å². The molecule has 0 amide bonds. The van der Waals surface area contributed by atoms with Crippen LogP contribution in [0.3, 0.4) is 0 Å². The molecule has 0 unspecified atom stereocenters. The first kappa shape index (κ1) is 21.4. The Labute approximate surface area is 155 Å². The van der Waals surface area contributed by atoms with E-state index in [-0.39, 0.29) is 31.7 Å². The van der Waals surface area contributed by atoms with Crippen LogP contribution in [0.15, 0.2) is 18.2 Å². The second-order valence-corrected chi connectivity index (χ2v) is 6.24. The summed E-state index contributed by atoms with van der Waals surface area (Å²) in [5, 5.41) is 0. The van der Waals surface area contributed by atoms with Crippen molar-refractivity contribution in [3.05, 3.63) is 29.6 Å². The molecule has 0 radical (unpaired) electrons. The summed E-state index contributed by atoms with van der Waals surface area (Å²) < 4.78 is 61.7. The Morgan fingerprint density at radius 3 is 2.59 bits per heavy atom. The van der Waals surface area contributed by atoms with Gasteiger partial charge in [-0.25, -0.2) is 9.18 Å². The molecule has 1 fully saturated rings. The van der Waals surface area contributed by atoms with Crippen LogP contribution in [0, 0.1) is 5.82 Å². The summed E-state index contributed by atoms with van der Waals surface area (Å²) in [6, 6.07) is 4.13. The van der Waals surface area contributed by atoms with E-state index in [0.29, 0.717) is 32.0 Å². The minimum Gasteiger partial charge on any atom is -0.462 e. The lowest BCUT2D eigenvalue weighted by molar-refractivity contribution is -0.145. The molecule has 0 aliphatic carbocycles. The van der Waals surface area contributed by atoms with Gasteiger partial charge in [-0.2, -0.15) is 13.2 Å². The molecule has 0 N–H and O–H groups in total. The lowest BCUT2D eigenvalue weighted by atomic mass is 10.1. The van der Waals surface area contributed by atoms with Crippen molar-refractivity contribution in [1.82, 2.24) is 4.90 Å². The van der Waals surface area contributed by atoms with Gasteiger partial charge in [-0.05, 0) is 31.2 Å². The highest BCUT2D eigenvalue weighted by Crippen LogP contribution is 2.22. The number of ether oxygens (including phenoxy) is 2. The van der Waals surface area contributed by atoms with Crippen molar-refractivity contribution in [2.75, 3.05) is 57.4 Å². The van der Waals surface area contributed by atoms with E-state index in [2.05, 4.69) is 0 Å². The summed E-state index contributed by atoms with van der Waals surface area (Å²) in [6.45, 7) is 3.22. The van der Waals surface area contributed by atoms with Crippen LogP contribution < -0.4 is 4.90 Å². The van der Waals surface area contributed by atoms with Gasteiger partial charge in [0, 0.05) is 19.6 Å². The molecule has 1 aliphatic rings. The van der Waals surface area contributed by atoms with Gasteiger partial charge in [0.15, 0.2) is 0 Å². The van der Waals surface area contributed by atoms with Crippen molar-refractivity contribution in [3.8, 4) is 0 Å². The molecule has 1 saturated heterocycles. The highest BCUT2D eigenvalue weighted by molar-refractivity contribution is 5.89. The largest absolute Gasteiger partial charge is 0.462 e. The Balaban J connectivity index is 1.81. The molecule has 9 heteroatoms. The van der Waals surface area contributed by atoms with Gasteiger partial charge < -0.3 is 14.4 Å². The third kappa shape index (κ3) is 6.99. The van der Waals surface area contributed by atoms with Crippen LogP contribution in [0.25, 0.3) is 0 Å². The van der Waals surface area contributed by atoms with Crippen LogP contribution >= 0.6 is 0 Å². The van der Waals surface area contributed by atoms with Crippen LogP contribution in [0.2, 0.25) is 0 Å². The van der Waals surface area contributed by atoms with E-state index in [1.807, 2.05) is 4.90 Å². The molecule has 0 aromatic heterocycles. The molecule has 0 atom stereocenters. The first-order valence-electron chi connectivity index (χ1n) is 8.88. The standard InChI is InChI=1S/C18H24F4N2O3/c1-2-23(13-18(20,21)22)6-3-9-27-17(25)14-4-5-16(15(19)12-14)24-7-10-26-11-8-24/h4-5,12H,2-3,6-11,13H2,1H3. The van der Waals surface area contributed by atoms with Crippen molar-refractivity contribution in [2.24, 2.45) is 0 Å². The quantitative estimate of drug-likeness (QED) is 0.386. The van der Waals surface area contributed by atoms with Gasteiger partial charge in [-0.1, -0.05) is 6.92 Å². The predicted molar refractivity (Wildman–Crippen MR) is 92.5 cm³/mol. The van der Waals surface area contributed by atoms with Gasteiger partial charge in [0.25, 0.3) is 0 Å². The summed E-state index contributed by atoms with van der Waals surface area (Å²) in [4.78, 5) is 15.1. The maximum Gasteiger partial charge on any atom is 0.401 e. The second-order valence-electron chi connectivity index (χ2n) is 6.24. The van der Waals surface area contributed by atoms with Crippen LogP contribution in [0.1, 0.15) is 23.7 Å². The van der Waals surface area contributed by atoms with E-state index >= 15 is 0 Å². The van der Waals surface area contributed by atoms with Gasteiger partial charge in [-0.3, -0.25) is 4.90 Å². The number of benzene rings is 1. The van der Waals surface area contributed by atoms with Crippen molar-refractivity contribution in [3.63, 3.8) is 0 Å². The highest BCUT2D eigenvalue weighted by Gasteiger charge is 2.29. The number of esters is 1. The van der Waals surface area contributed by atoms with E-state index in [1.165, 1.54) is 17.0 Å². The molecule has 27 heavy (non-hydrogen) atoms. The molecule has 1 heterocycles. The van der Waals surface area contributed by atoms with Crippen LogP contribution in [0.4, 0.5) is 23.2 Å². The molecule has 2 rings (SSSR count). The summed E-state index contributed by atoms with van der Waals surface area (Å²) >= 11 is 0. The number of carbonyl (C=O) groups is 1. The molecule has 1 aliphatic heterocycles. The Hall–Kier alpha value is -1.87. The maximum absolute atomic E-state index is 14.3. The average Bonchev–Trinajstić information content (AvgIpc) is 2.63. The normalized spacial score (nSPS) is 15.3. The Bertz CT molecular complexity index is 619. The van der Waals surface area contributed by atoms with Crippen molar-refractivity contribution in [1.29, 1.82) is 0 Å². The fourth-order valence-corrected chi connectivity index (χ4v) is 2.83. The Morgan fingerprint density at radius 2 is 2.00 bits per heavy atom. The van der Waals surface area contributed by atoms with E-state index < -0.39 is 24.5 Å². The average molecular weight is 392 g/mol. The zero-order chi connectivity index (χ0) is 19.9. The molecule has 0 bridgehead atoms. The summed E-state index contributed by atoms with van der Waals surface area (Å²) in [5.74, 6) is -1.21. The zero-order valence-electron chi connectivity index (χ0n) is 15.2. The summed E-state index contributed by atoms with van der Waals surface area (Å²) in [7, 11) is 0.